The zero-order valence-electron chi connectivity index (χ0n) is 10.00. The molecular formula is C10H15N5O3. The van der Waals surface area contributed by atoms with Gasteiger partial charge in [-0.1, -0.05) is 0 Å². The Hall–Kier alpha value is -1.93. The van der Waals surface area contributed by atoms with Crippen molar-refractivity contribution in [3.8, 4) is 0 Å². The van der Waals surface area contributed by atoms with Crippen molar-refractivity contribution in [3.05, 3.63) is 22.2 Å². The lowest BCUT2D eigenvalue weighted by Crippen LogP contribution is -2.44. The van der Waals surface area contributed by atoms with E-state index in [1.807, 2.05) is 11.8 Å². The summed E-state index contributed by atoms with van der Waals surface area (Å²) in [7, 11) is 0. The van der Waals surface area contributed by atoms with Crippen LogP contribution in [0.4, 0.5) is 17.3 Å². The summed E-state index contributed by atoms with van der Waals surface area (Å²) in [5.74, 6) is 6.08. The quantitative estimate of drug-likeness (QED) is 0.459. The van der Waals surface area contributed by atoms with Gasteiger partial charge >= 0.3 is 0 Å². The highest BCUT2D eigenvalue weighted by Gasteiger charge is 2.22. The minimum Gasteiger partial charge on any atom is -0.377 e. The van der Waals surface area contributed by atoms with Crippen molar-refractivity contribution in [2.24, 2.45) is 5.84 Å². The van der Waals surface area contributed by atoms with Crippen molar-refractivity contribution in [3.63, 3.8) is 0 Å². The van der Waals surface area contributed by atoms with E-state index in [0.717, 1.165) is 0 Å². The predicted molar refractivity (Wildman–Crippen MR) is 66.3 cm³/mol. The Labute approximate surface area is 104 Å². The number of hydrazine groups is 1. The number of nitrogen functional groups attached to an aromatic ring is 1. The molecule has 18 heavy (non-hydrogen) atoms. The zero-order chi connectivity index (χ0) is 13.1. The number of nitrogens with zero attached hydrogens (tertiary/aromatic N) is 3. The Balaban J connectivity index is 2.36. The molecule has 1 aliphatic rings. The first kappa shape index (κ1) is 12.5. The molecule has 1 unspecified atom stereocenters. The van der Waals surface area contributed by atoms with Crippen LogP contribution in [0.3, 0.4) is 0 Å². The Bertz CT molecular complexity index is 453. The van der Waals surface area contributed by atoms with Gasteiger partial charge in [-0.3, -0.25) is 10.1 Å². The van der Waals surface area contributed by atoms with Crippen LogP contribution < -0.4 is 16.2 Å². The summed E-state index contributed by atoms with van der Waals surface area (Å²) in [6.45, 7) is 3.80. The van der Waals surface area contributed by atoms with Crippen LogP contribution in [-0.2, 0) is 4.74 Å². The highest BCUT2D eigenvalue weighted by Crippen LogP contribution is 2.25. The van der Waals surface area contributed by atoms with Gasteiger partial charge < -0.3 is 15.1 Å². The van der Waals surface area contributed by atoms with E-state index < -0.39 is 4.92 Å². The van der Waals surface area contributed by atoms with E-state index in [9.17, 15) is 10.1 Å². The van der Waals surface area contributed by atoms with Crippen LogP contribution in [0.15, 0.2) is 12.1 Å². The van der Waals surface area contributed by atoms with Gasteiger partial charge in [-0.15, -0.1) is 0 Å². The SMILES string of the molecule is CC1COCCN1c1cc([N+](=O)[O-])cc(NN)n1. The number of aromatic nitrogens is 1. The normalized spacial score (nSPS) is 19.7. The van der Waals surface area contributed by atoms with Crippen molar-refractivity contribution in [1.29, 1.82) is 0 Å². The third-order valence-corrected chi connectivity index (χ3v) is 2.82. The lowest BCUT2D eigenvalue weighted by Gasteiger charge is -2.34. The number of nitrogens with two attached hydrogens (primary N) is 1. The number of anilines is 2. The molecule has 1 aromatic heterocycles. The molecule has 1 atom stereocenters. The smallest absolute Gasteiger partial charge is 0.276 e. The van der Waals surface area contributed by atoms with Crippen molar-refractivity contribution >= 4 is 17.3 Å². The Morgan fingerprint density at radius 1 is 1.67 bits per heavy atom. The van der Waals surface area contributed by atoms with Crippen LogP contribution in [-0.4, -0.2) is 35.7 Å². The van der Waals surface area contributed by atoms with Crippen LogP contribution in [0.1, 0.15) is 6.92 Å². The van der Waals surface area contributed by atoms with Gasteiger partial charge in [-0.05, 0) is 6.92 Å². The second-order valence-corrected chi connectivity index (χ2v) is 4.09. The van der Waals surface area contributed by atoms with E-state index in [1.54, 1.807) is 0 Å². The lowest BCUT2D eigenvalue weighted by molar-refractivity contribution is -0.384. The molecule has 1 aliphatic heterocycles. The number of morpholine rings is 1. The summed E-state index contributed by atoms with van der Waals surface area (Å²) in [5.41, 5.74) is 2.31. The van der Waals surface area contributed by atoms with Crippen molar-refractivity contribution in [2.45, 2.75) is 13.0 Å². The fraction of sp³-hybridized carbons (Fsp3) is 0.500. The maximum Gasteiger partial charge on any atom is 0.276 e. The van der Waals surface area contributed by atoms with E-state index in [0.29, 0.717) is 25.6 Å². The van der Waals surface area contributed by atoms with E-state index in [1.165, 1.54) is 12.1 Å². The summed E-state index contributed by atoms with van der Waals surface area (Å²) in [4.78, 5) is 16.6. The zero-order valence-corrected chi connectivity index (χ0v) is 10.00. The molecular weight excluding hydrogens is 238 g/mol. The van der Waals surface area contributed by atoms with Crippen LogP contribution in [0.5, 0.6) is 0 Å². The fourth-order valence-electron chi connectivity index (χ4n) is 1.90. The molecule has 0 saturated carbocycles. The standard InChI is InChI=1S/C10H15N5O3/c1-7-6-18-3-2-14(7)10-5-8(15(16)17)4-9(12-10)13-11/h4-5,7H,2-3,6,11H2,1H3,(H,12,13). The van der Waals surface area contributed by atoms with Gasteiger partial charge in [0.2, 0.25) is 0 Å². The molecule has 98 valence electrons. The minimum absolute atomic E-state index is 0.0355. The second kappa shape index (κ2) is 5.15. The molecule has 0 bridgehead atoms. The summed E-state index contributed by atoms with van der Waals surface area (Å²) in [5, 5.41) is 10.9. The molecule has 0 aromatic carbocycles. The summed E-state index contributed by atoms with van der Waals surface area (Å²) < 4.78 is 5.32. The largest absolute Gasteiger partial charge is 0.377 e. The lowest BCUT2D eigenvalue weighted by atomic mass is 10.2. The van der Waals surface area contributed by atoms with Crippen molar-refractivity contribution in [2.75, 3.05) is 30.1 Å². The average Bonchev–Trinajstić information content (AvgIpc) is 2.38. The van der Waals surface area contributed by atoms with E-state index in [-0.39, 0.29) is 17.5 Å². The van der Waals surface area contributed by atoms with Gasteiger partial charge in [0, 0.05) is 6.54 Å². The van der Waals surface area contributed by atoms with Crippen LogP contribution in [0.2, 0.25) is 0 Å². The summed E-state index contributed by atoms with van der Waals surface area (Å²) in [6.07, 6.45) is 0. The number of rotatable bonds is 3. The number of hydrogen-bond acceptors (Lipinski definition) is 7. The van der Waals surface area contributed by atoms with Crippen LogP contribution in [0.25, 0.3) is 0 Å². The first-order valence-corrected chi connectivity index (χ1v) is 5.59. The Kier molecular flexibility index (Phi) is 3.58. The summed E-state index contributed by atoms with van der Waals surface area (Å²) in [6, 6.07) is 2.87. The van der Waals surface area contributed by atoms with Gasteiger partial charge in [-0.2, -0.15) is 0 Å². The third-order valence-electron chi connectivity index (χ3n) is 2.82. The average molecular weight is 253 g/mol. The number of hydrogen-bond donors (Lipinski definition) is 2. The van der Waals surface area contributed by atoms with Gasteiger partial charge in [0.1, 0.15) is 11.6 Å². The number of nitro groups is 1. The molecule has 1 saturated heterocycles. The van der Waals surface area contributed by atoms with Crippen LogP contribution >= 0.6 is 0 Å². The highest BCUT2D eigenvalue weighted by atomic mass is 16.6. The van der Waals surface area contributed by atoms with Crippen molar-refractivity contribution in [1.82, 2.24) is 4.98 Å². The van der Waals surface area contributed by atoms with Gasteiger partial charge in [0.05, 0.1) is 36.3 Å². The fourth-order valence-corrected chi connectivity index (χ4v) is 1.90. The molecule has 8 heteroatoms. The maximum atomic E-state index is 10.9. The Morgan fingerprint density at radius 2 is 2.44 bits per heavy atom. The van der Waals surface area contributed by atoms with E-state index in [4.69, 9.17) is 10.6 Å². The molecule has 0 spiro atoms. The predicted octanol–water partition coefficient (Wildman–Crippen LogP) is 0.500. The summed E-state index contributed by atoms with van der Waals surface area (Å²) >= 11 is 0. The molecule has 1 aromatic rings. The molecule has 0 aliphatic carbocycles. The van der Waals surface area contributed by atoms with Gasteiger partial charge in [0.15, 0.2) is 0 Å². The topological polar surface area (TPSA) is 107 Å². The molecule has 2 heterocycles. The number of pyridine rings is 1. The maximum absolute atomic E-state index is 10.9. The first-order valence-electron chi connectivity index (χ1n) is 5.59. The van der Waals surface area contributed by atoms with E-state index in [2.05, 4.69) is 10.4 Å². The van der Waals surface area contributed by atoms with Crippen molar-refractivity contribution < 1.29 is 9.66 Å². The second-order valence-electron chi connectivity index (χ2n) is 4.09. The molecule has 0 radical (unpaired) electrons. The molecule has 8 nitrogen and oxygen atoms in total. The van der Waals surface area contributed by atoms with Crippen LogP contribution in [0, 0.1) is 10.1 Å². The molecule has 1 fully saturated rings. The molecule has 0 amide bonds. The van der Waals surface area contributed by atoms with Gasteiger partial charge in [0.25, 0.3) is 5.69 Å². The molecule has 3 N–H and O–H groups in total. The molecule has 2 rings (SSSR count). The number of nitrogens with one attached hydrogen (secondary N) is 1. The van der Waals surface area contributed by atoms with E-state index >= 15 is 0 Å². The third kappa shape index (κ3) is 2.49. The van der Waals surface area contributed by atoms with Gasteiger partial charge in [-0.25, -0.2) is 10.8 Å². The highest BCUT2D eigenvalue weighted by molar-refractivity contribution is 5.56. The first-order chi connectivity index (χ1) is 8.61. The Morgan fingerprint density at radius 3 is 3.06 bits per heavy atom. The number of ether oxygens (including phenoxy) is 1. The minimum atomic E-state index is -0.461. The monoisotopic (exact) mass is 253 g/mol.